The highest BCUT2D eigenvalue weighted by Crippen LogP contribution is 2.42. The lowest BCUT2D eigenvalue weighted by atomic mass is 10.0. The average molecular weight is 289 g/mol. The number of nitrogens with one attached hydrogen (secondary N) is 1. The first kappa shape index (κ1) is 14.4. The Bertz CT molecular complexity index is 512. The first-order valence-corrected chi connectivity index (χ1v) is 7.61. The molecule has 2 N–H and O–H groups in total. The molecular formula is C16H23N3O2. The van der Waals surface area contributed by atoms with Gasteiger partial charge in [-0.1, -0.05) is 24.3 Å². The number of carbonyl (C=O) groups is 1. The molecule has 1 aliphatic heterocycles. The molecule has 0 aromatic heterocycles. The first-order chi connectivity index (χ1) is 10.1. The van der Waals surface area contributed by atoms with Crippen LogP contribution in [0.4, 0.5) is 4.79 Å². The highest BCUT2D eigenvalue weighted by molar-refractivity contribution is 5.66. The number of rotatable bonds is 4. The summed E-state index contributed by atoms with van der Waals surface area (Å²) in [5.41, 5.74) is 2.66. The molecule has 1 aromatic carbocycles. The van der Waals surface area contributed by atoms with Gasteiger partial charge in [-0.2, -0.15) is 0 Å². The van der Waals surface area contributed by atoms with Gasteiger partial charge in [-0.25, -0.2) is 4.79 Å². The number of nitrogens with zero attached hydrogens (tertiary/aromatic N) is 2. The molecule has 1 saturated heterocycles. The van der Waals surface area contributed by atoms with Crippen LogP contribution in [0.15, 0.2) is 24.3 Å². The summed E-state index contributed by atoms with van der Waals surface area (Å²) in [5, 5.41) is 11.4. The Hall–Kier alpha value is -1.59. The van der Waals surface area contributed by atoms with E-state index in [2.05, 4.69) is 46.4 Å². The molecule has 1 amide bonds. The van der Waals surface area contributed by atoms with Crippen LogP contribution in [0.2, 0.25) is 0 Å². The average Bonchev–Trinajstić information content (AvgIpc) is 3.20. The van der Waals surface area contributed by atoms with Gasteiger partial charge in [-0.05, 0) is 24.6 Å². The maximum absolute atomic E-state index is 10.7. The van der Waals surface area contributed by atoms with Crippen molar-refractivity contribution in [3.8, 4) is 0 Å². The van der Waals surface area contributed by atoms with Gasteiger partial charge < -0.3 is 15.3 Å². The van der Waals surface area contributed by atoms with Crippen molar-refractivity contribution < 1.29 is 9.90 Å². The predicted octanol–water partition coefficient (Wildman–Crippen LogP) is 1.56. The first-order valence-electron chi connectivity index (χ1n) is 7.61. The Morgan fingerprint density at radius 1 is 1.29 bits per heavy atom. The molecule has 5 heteroatoms. The highest BCUT2D eigenvalue weighted by Gasteiger charge is 2.40. The molecule has 21 heavy (non-hydrogen) atoms. The largest absolute Gasteiger partial charge is 0.465 e. The molecule has 5 nitrogen and oxygen atoms in total. The number of piperazine rings is 1. The van der Waals surface area contributed by atoms with E-state index >= 15 is 0 Å². The van der Waals surface area contributed by atoms with Gasteiger partial charge in [0.25, 0.3) is 0 Å². The van der Waals surface area contributed by atoms with Crippen molar-refractivity contribution in [3.63, 3.8) is 0 Å². The van der Waals surface area contributed by atoms with Crippen LogP contribution in [-0.2, 0) is 6.54 Å². The van der Waals surface area contributed by atoms with E-state index in [1.165, 1.54) is 11.1 Å². The molecular weight excluding hydrogens is 266 g/mol. The summed E-state index contributed by atoms with van der Waals surface area (Å²) in [6.45, 7) is 5.42. The number of hydrogen-bond acceptors (Lipinski definition) is 3. The van der Waals surface area contributed by atoms with Crippen LogP contribution < -0.4 is 5.32 Å². The number of carboxylic acid groups (broad SMARTS) is 1. The molecule has 1 aromatic rings. The predicted molar refractivity (Wildman–Crippen MR) is 81.5 cm³/mol. The highest BCUT2D eigenvalue weighted by atomic mass is 16.4. The maximum atomic E-state index is 10.7. The van der Waals surface area contributed by atoms with Gasteiger partial charge in [0.05, 0.1) is 0 Å². The Balaban J connectivity index is 1.65. The Kier molecular flexibility index (Phi) is 4.12. The zero-order valence-electron chi connectivity index (χ0n) is 12.5. The Labute approximate surface area is 125 Å². The lowest BCUT2D eigenvalue weighted by Crippen LogP contribution is -2.44. The molecule has 2 atom stereocenters. The number of amides is 1. The van der Waals surface area contributed by atoms with E-state index in [9.17, 15) is 4.79 Å². The van der Waals surface area contributed by atoms with Crippen LogP contribution in [0.25, 0.3) is 0 Å². The quantitative estimate of drug-likeness (QED) is 0.883. The summed E-state index contributed by atoms with van der Waals surface area (Å²) >= 11 is 0. The summed E-state index contributed by atoms with van der Waals surface area (Å²) in [6, 6.07) is 8.57. The van der Waals surface area contributed by atoms with E-state index in [1.807, 2.05) is 0 Å². The minimum absolute atomic E-state index is 0.0936. The zero-order chi connectivity index (χ0) is 14.8. The number of hydrogen-bond donors (Lipinski definition) is 2. The molecule has 114 valence electrons. The zero-order valence-corrected chi connectivity index (χ0v) is 12.5. The molecule has 2 unspecified atom stereocenters. The molecule has 0 spiro atoms. The van der Waals surface area contributed by atoms with Crippen molar-refractivity contribution in [3.05, 3.63) is 35.4 Å². The van der Waals surface area contributed by atoms with E-state index < -0.39 is 6.09 Å². The van der Waals surface area contributed by atoms with Gasteiger partial charge in [0.15, 0.2) is 0 Å². The van der Waals surface area contributed by atoms with Crippen molar-refractivity contribution in [2.75, 3.05) is 33.2 Å². The molecule has 3 rings (SSSR count). The second-order valence-corrected chi connectivity index (χ2v) is 6.18. The summed E-state index contributed by atoms with van der Waals surface area (Å²) in [4.78, 5) is 15.6. The van der Waals surface area contributed by atoms with Crippen LogP contribution in [0, 0.1) is 0 Å². The maximum Gasteiger partial charge on any atom is 0.404 e. The van der Waals surface area contributed by atoms with E-state index in [1.54, 1.807) is 0 Å². The third-order valence-electron chi connectivity index (χ3n) is 4.54. The molecule has 2 aliphatic rings. The van der Waals surface area contributed by atoms with Crippen molar-refractivity contribution in [1.82, 2.24) is 15.1 Å². The van der Waals surface area contributed by atoms with E-state index in [0.717, 1.165) is 39.1 Å². The van der Waals surface area contributed by atoms with Crippen LogP contribution in [0.3, 0.4) is 0 Å². The fraction of sp³-hybridized carbons (Fsp3) is 0.562. The van der Waals surface area contributed by atoms with E-state index in [4.69, 9.17) is 5.11 Å². The van der Waals surface area contributed by atoms with E-state index in [0.29, 0.717) is 5.92 Å². The van der Waals surface area contributed by atoms with Crippen LogP contribution in [0.1, 0.15) is 23.5 Å². The second kappa shape index (κ2) is 6.03. The summed E-state index contributed by atoms with van der Waals surface area (Å²) in [5.74, 6) is 0.352. The van der Waals surface area contributed by atoms with Gasteiger partial charge in [0, 0.05) is 44.7 Å². The topological polar surface area (TPSA) is 55.8 Å². The normalized spacial score (nSPS) is 26.5. The monoisotopic (exact) mass is 289 g/mol. The molecule has 0 bridgehead atoms. The van der Waals surface area contributed by atoms with Crippen LogP contribution in [-0.4, -0.2) is 60.3 Å². The lowest BCUT2D eigenvalue weighted by Gasteiger charge is -2.32. The molecule has 1 aliphatic carbocycles. The van der Waals surface area contributed by atoms with Gasteiger partial charge in [0.2, 0.25) is 0 Å². The van der Waals surface area contributed by atoms with Gasteiger partial charge in [-0.3, -0.25) is 4.90 Å². The molecule has 2 fully saturated rings. The van der Waals surface area contributed by atoms with Crippen molar-refractivity contribution >= 4 is 6.09 Å². The third-order valence-corrected chi connectivity index (χ3v) is 4.54. The third kappa shape index (κ3) is 3.54. The minimum Gasteiger partial charge on any atom is -0.465 e. The summed E-state index contributed by atoms with van der Waals surface area (Å²) in [6.07, 6.45) is 0.00512. The molecule has 1 heterocycles. The second-order valence-electron chi connectivity index (χ2n) is 6.18. The summed E-state index contributed by atoms with van der Waals surface area (Å²) in [7, 11) is 2.16. The van der Waals surface area contributed by atoms with Gasteiger partial charge >= 0.3 is 6.09 Å². The molecule has 0 radical (unpaired) electrons. The van der Waals surface area contributed by atoms with Crippen molar-refractivity contribution in [2.24, 2.45) is 0 Å². The standard InChI is InChI=1S/C16H23N3O2/c1-18-6-8-19(9-7-18)11-12-4-2-3-5-13(12)14-10-15(14)17-16(20)21/h2-5,14-15,17H,6-11H2,1H3,(H,20,21). The van der Waals surface area contributed by atoms with Crippen LogP contribution in [0.5, 0.6) is 0 Å². The smallest absolute Gasteiger partial charge is 0.404 e. The Morgan fingerprint density at radius 2 is 2.00 bits per heavy atom. The number of likely N-dealkylation sites (N-methyl/N-ethyl adjacent to an activating group) is 1. The lowest BCUT2D eigenvalue weighted by molar-refractivity contribution is 0.148. The van der Waals surface area contributed by atoms with Gasteiger partial charge in [-0.15, -0.1) is 0 Å². The van der Waals surface area contributed by atoms with Crippen LogP contribution >= 0.6 is 0 Å². The van der Waals surface area contributed by atoms with Crippen molar-refractivity contribution in [2.45, 2.75) is 24.9 Å². The summed E-state index contributed by atoms with van der Waals surface area (Å²) < 4.78 is 0. The van der Waals surface area contributed by atoms with Crippen molar-refractivity contribution in [1.29, 1.82) is 0 Å². The van der Waals surface area contributed by atoms with Gasteiger partial charge in [0.1, 0.15) is 0 Å². The fourth-order valence-corrected chi connectivity index (χ4v) is 3.14. The fourth-order valence-electron chi connectivity index (χ4n) is 3.14. The number of benzene rings is 1. The Morgan fingerprint density at radius 3 is 2.71 bits per heavy atom. The SMILES string of the molecule is CN1CCN(Cc2ccccc2C2CC2NC(=O)O)CC1. The van der Waals surface area contributed by atoms with E-state index in [-0.39, 0.29) is 6.04 Å². The molecule has 1 saturated carbocycles. The minimum atomic E-state index is -0.918.